The maximum atomic E-state index is 10.3. The molecular weight excluding hydrogens is 191 g/mol. The molecule has 3 heteroatoms. The molecule has 13 heavy (non-hydrogen) atoms. The predicted octanol–water partition coefficient (Wildman–Crippen LogP) is -0.488. The molecule has 0 saturated carbocycles. The molecule has 0 atom stereocenters. The number of hydrogen-bond donors (Lipinski definition) is 0. The van der Waals surface area contributed by atoms with Gasteiger partial charge in [0, 0.05) is 0 Å². The maximum absolute atomic E-state index is 10.3. The van der Waals surface area contributed by atoms with E-state index in [1.807, 2.05) is 29.0 Å². The summed E-state index contributed by atoms with van der Waals surface area (Å²) in [5.41, 5.74) is 0. The van der Waals surface area contributed by atoms with Crippen molar-refractivity contribution in [1.82, 2.24) is 0 Å². The van der Waals surface area contributed by atoms with Crippen molar-refractivity contribution < 1.29 is 34.7 Å². The SMILES string of the molecule is [Na+].[O-]c1ccccc1.c1ccsc1. The summed E-state index contributed by atoms with van der Waals surface area (Å²) >= 11 is 1.71. The Bertz CT molecular complexity index is 264. The smallest absolute Gasteiger partial charge is 0.872 e. The van der Waals surface area contributed by atoms with Crippen molar-refractivity contribution in [3.8, 4) is 5.75 Å². The van der Waals surface area contributed by atoms with E-state index in [4.69, 9.17) is 0 Å². The molecule has 1 aromatic carbocycles. The van der Waals surface area contributed by atoms with Gasteiger partial charge in [0.15, 0.2) is 0 Å². The van der Waals surface area contributed by atoms with Gasteiger partial charge in [-0.3, -0.25) is 0 Å². The molecule has 0 bridgehead atoms. The summed E-state index contributed by atoms with van der Waals surface area (Å²) in [5, 5.41) is 14.4. The van der Waals surface area contributed by atoms with Crippen LogP contribution < -0.4 is 34.7 Å². The Morgan fingerprint density at radius 2 is 1.38 bits per heavy atom. The van der Waals surface area contributed by atoms with Crippen molar-refractivity contribution >= 4 is 11.3 Å². The van der Waals surface area contributed by atoms with Crippen LogP contribution in [0.1, 0.15) is 0 Å². The van der Waals surface area contributed by atoms with E-state index in [2.05, 4.69) is 0 Å². The van der Waals surface area contributed by atoms with Crippen LogP contribution in [0.2, 0.25) is 0 Å². The van der Waals surface area contributed by atoms with Crippen molar-refractivity contribution in [3.63, 3.8) is 0 Å². The molecule has 0 saturated heterocycles. The van der Waals surface area contributed by atoms with Gasteiger partial charge in [-0.05, 0) is 10.8 Å². The zero-order chi connectivity index (χ0) is 8.65. The van der Waals surface area contributed by atoms with E-state index in [1.165, 1.54) is 12.1 Å². The fourth-order valence-corrected chi connectivity index (χ4v) is 1.10. The van der Waals surface area contributed by atoms with Gasteiger partial charge in [0.1, 0.15) is 0 Å². The minimum Gasteiger partial charge on any atom is -0.872 e. The van der Waals surface area contributed by atoms with Crippen molar-refractivity contribution in [1.29, 1.82) is 0 Å². The first-order valence-corrected chi connectivity index (χ1v) is 4.53. The molecule has 2 rings (SSSR count). The third-order valence-electron chi connectivity index (χ3n) is 1.17. The Hall–Kier alpha value is -0.280. The first-order valence-electron chi connectivity index (χ1n) is 3.59. The van der Waals surface area contributed by atoms with Gasteiger partial charge in [-0.2, -0.15) is 11.3 Å². The summed E-state index contributed by atoms with van der Waals surface area (Å²) in [6, 6.07) is 12.4. The van der Waals surface area contributed by atoms with Gasteiger partial charge in [0.2, 0.25) is 0 Å². The number of rotatable bonds is 0. The number of para-hydroxylation sites is 1. The Morgan fingerprint density at radius 1 is 0.846 bits per heavy atom. The quantitative estimate of drug-likeness (QED) is 0.526. The number of benzene rings is 1. The summed E-state index contributed by atoms with van der Waals surface area (Å²) in [6.45, 7) is 0. The van der Waals surface area contributed by atoms with Gasteiger partial charge in [-0.1, -0.05) is 42.5 Å². The zero-order valence-electron chi connectivity index (χ0n) is 7.51. The van der Waals surface area contributed by atoms with Crippen LogP contribution in [-0.2, 0) is 0 Å². The number of hydrogen-bond acceptors (Lipinski definition) is 2. The summed E-state index contributed by atoms with van der Waals surface area (Å²) in [7, 11) is 0. The normalized spacial score (nSPS) is 7.69. The molecule has 0 spiro atoms. The van der Waals surface area contributed by atoms with E-state index in [9.17, 15) is 5.11 Å². The summed E-state index contributed by atoms with van der Waals surface area (Å²) in [6.07, 6.45) is 0. The van der Waals surface area contributed by atoms with Crippen LogP contribution >= 0.6 is 11.3 Å². The molecule has 0 amide bonds. The molecule has 0 radical (unpaired) electrons. The van der Waals surface area contributed by atoms with E-state index >= 15 is 0 Å². The van der Waals surface area contributed by atoms with E-state index in [1.54, 1.807) is 23.5 Å². The molecule has 0 N–H and O–H groups in total. The van der Waals surface area contributed by atoms with Gasteiger partial charge in [-0.15, -0.1) is 5.75 Å². The molecule has 0 aliphatic heterocycles. The third kappa shape index (κ3) is 6.84. The average Bonchev–Trinajstić information content (AvgIpc) is 2.62. The Labute approximate surface area is 104 Å². The molecule has 62 valence electrons. The maximum Gasteiger partial charge on any atom is 1.00 e. The van der Waals surface area contributed by atoms with Crippen LogP contribution in [0.25, 0.3) is 0 Å². The second kappa shape index (κ2) is 8.32. The van der Waals surface area contributed by atoms with Crippen LogP contribution in [0.4, 0.5) is 0 Å². The van der Waals surface area contributed by atoms with Crippen LogP contribution in [0, 0.1) is 0 Å². The molecule has 1 heterocycles. The van der Waals surface area contributed by atoms with Crippen LogP contribution in [0.3, 0.4) is 0 Å². The fraction of sp³-hybridized carbons (Fsp3) is 0. The summed E-state index contributed by atoms with van der Waals surface area (Å²) < 4.78 is 0. The van der Waals surface area contributed by atoms with Gasteiger partial charge < -0.3 is 5.11 Å². The second-order valence-electron chi connectivity index (χ2n) is 2.11. The monoisotopic (exact) mass is 200 g/mol. The molecule has 2 aromatic rings. The van der Waals surface area contributed by atoms with Crippen LogP contribution in [0.5, 0.6) is 5.75 Å². The average molecular weight is 200 g/mol. The predicted molar refractivity (Wildman–Crippen MR) is 50.2 cm³/mol. The Kier molecular flexibility index (Phi) is 8.14. The molecule has 0 unspecified atom stereocenters. The van der Waals surface area contributed by atoms with Crippen molar-refractivity contribution in [2.45, 2.75) is 0 Å². The van der Waals surface area contributed by atoms with E-state index in [-0.39, 0.29) is 35.3 Å². The Morgan fingerprint density at radius 3 is 1.62 bits per heavy atom. The van der Waals surface area contributed by atoms with E-state index in [0.29, 0.717) is 0 Å². The van der Waals surface area contributed by atoms with E-state index in [0.717, 1.165) is 0 Å². The molecule has 0 aliphatic carbocycles. The molecule has 1 nitrogen and oxygen atoms in total. The minimum atomic E-state index is 0. The van der Waals surface area contributed by atoms with Crippen molar-refractivity contribution in [2.75, 3.05) is 0 Å². The third-order valence-corrected chi connectivity index (χ3v) is 1.80. The first kappa shape index (κ1) is 12.7. The molecule has 1 aromatic heterocycles. The van der Waals surface area contributed by atoms with Gasteiger partial charge >= 0.3 is 29.6 Å². The second-order valence-corrected chi connectivity index (χ2v) is 2.92. The van der Waals surface area contributed by atoms with Gasteiger partial charge in [0.05, 0.1) is 0 Å². The largest absolute Gasteiger partial charge is 1.00 e. The van der Waals surface area contributed by atoms with E-state index < -0.39 is 0 Å². The first-order chi connectivity index (χ1) is 5.89. The fourth-order valence-electron chi connectivity index (χ4n) is 0.647. The van der Waals surface area contributed by atoms with Gasteiger partial charge in [-0.25, -0.2) is 0 Å². The standard InChI is InChI=1S/C6H6O.C4H4S.Na/c7-6-4-2-1-3-5-6;1-2-4-5-3-1;/h1-5,7H;1-4H;/q;;+1/p-1. The van der Waals surface area contributed by atoms with Crippen molar-refractivity contribution in [2.24, 2.45) is 0 Å². The topological polar surface area (TPSA) is 23.1 Å². The minimum absolute atomic E-state index is 0. The number of thiophene rings is 1. The Balaban J connectivity index is 0.000000215. The summed E-state index contributed by atoms with van der Waals surface area (Å²) in [4.78, 5) is 0. The molecule has 0 aliphatic rings. The van der Waals surface area contributed by atoms with Crippen LogP contribution in [0.15, 0.2) is 53.2 Å². The van der Waals surface area contributed by atoms with Crippen LogP contribution in [-0.4, -0.2) is 0 Å². The van der Waals surface area contributed by atoms with Crippen molar-refractivity contribution in [3.05, 3.63) is 53.2 Å². The molecular formula is C10H9NaOS. The summed E-state index contributed by atoms with van der Waals surface area (Å²) in [5.74, 6) is 0.0718. The van der Waals surface area contributed by atoms with Gasteiger partial charge in [0.25, 0.3) is 0 Å². The molecule has 0 fully saturated rings. The zero-order valence-corrected chi connectivity index (χ0v) is 10.3.